The standard InChI is InChI=1S/C27H36N4O4/c1-15(2)11-22-25-19(18-10-9-17(35-3)12-20(18)29-25)13-23-26(33)30-21(27(34)31(22)23)14-24(32)28-16-7-5-4-6-8-16/h9-10,12,15-16,21-23,29H,4-8,11,13-14H2,1-3H3,(H,28,32)(H,30,33)/t21-,22-,23-/m0/s1. The molecule has 3 N–H and O–H groups in total. The summed E-state index contributed by atoms with van der Waals surface area (Å²) >= 11 is 0. The van der Waals surface area contributed by atoms with E-state index in [4.69, 9.17) is 4.74 Å². The number of hydrogen-bond donors (Lipinski definition) is 3. The summed E-state index contributed by atoms with van der Waals surface area (Å²) in [4.78, 5) is 45.1. The Morgan fingerprint density at radius 2 is 1.97 bits per heavy atom. The molecule has 1 saturated heterocycles. The quantitative estimate of drug-likeness (QED) is 0.590. The molecule has 3 heterocycles. The minimum atomic E-state index is -0.831. The molecule has 2 aromatic rings. The van der Waals surface area contributed by atoms with Crippen LogP contribution in [0, 0.1) is 5.92 Å². The van der Waals surface area contributed by atoms with Crippen LogP contribution in [0.3, 0.4) is 0 Å². The maximum atomic E-state index is 13.7. The molecule has 35 heavy (non-hydrogen) atoms. The van der Waals surface area contributed by atoms with Crippen LogP contribution in [0.1, 0.15) is 76.1 Å². The zero-order valence-corrected chi connectivity index (χ0v) is 20.9. The van der Waals surface area contributed by atoms with Gasteiger partial charge in [0.1, 0.15) is 17.8 Å². The van der Waals surface area contributed by atoms with Gasteiger partial charge < -0.3 is 25.3 Å². The molecule has 3 amide bonds. The van der Waals surface area contributed by atoms with Gasteiger partial charge in [0, 0.05) is 35.1 Å². The Morgan fingerprint density at radius 1 is 1.20 bits per heavy atom. The van der Waals surface area contributed by atoms with Crippen molar-refractivity contribution in [2.45, 2.75) is 89.4 Å². The highest BCUT2D eigenvalue weighted by atomic mass is 16.5. The van der Waals surface area contributed by atoms with E-state index >= 15 is 0 Å². The number of aromatic nitrogens is 1. The number of amides is 3. The van der Waals surface area contributed by atoms with Crippen molar-refractivity contribution in [3.05, 3.63) is 29.5 Å². The lowest BCUT2D eigenvalue weighted by molar-refractivity contribution is -0.154. The third-order valence-corrected chi connectivity index (χ3v) is 7.77. The SMILES string of the molecule is COc1ccc2c3c([nH]c2c1)[C@H](CC(C)C)N1C(=O)[C@H](CC(=O)NC2CCCCC2)NC(=O)[C@@H]1C3. The number of methoxy groups -OCH3 is 1. The summed E-state index contributed by atoms with van der Waals surface area (Å²) in [6.45, 7) is 4.25. The van der Waals surface area contributed by atoms with E-state index in [0.29, 0.717) is 12.3 Å². The molecule has 1 aromatic carbocycles. The predicted molar refractivity (Wildman–Crippen MR) is 133 cm³/mol. The van der Waals surface area contributed by atoms with Gasteiger partial charge in [-0.15, -0.1) is 0 Å². The van der Waals surface area contributed by atoms with Gasteiger partial charge in [-0.2, -0.15) is 0 Å². The third kappa shape index (κ3) is 4.50. The van der Waals surface area contributed by atoms with Gasteiger partial charge in [-0.1, -0.05) is 33.1 Å². The maximum absolute atomic E-state index is 13.7. The molecule has 2 fully saturated rings. The molecule has 8 heteroatoms. The van der Waals surface area contributed by atoms with Crippen molar-refractivity contribution in [3.8, 4) is 5.75 Å². The highest BCUT2D eigenvalue weighted by molar-refractivity contribution is 6.01. The Morgan fingerprint density at radius 3 is 2.69 bits per heavy atom. The molecular weight excluding hydrogens is 444 g/mol. The summed E-state index contributed by atoms with van der Waals surface area (Å²) < 4.78 is 5.39. The van der Waals surface area contributed by atoms with Crippen LogP contribution in [-0.4, -0.2) is 52.8 Å². The largest absolute Gasteiger partial charge is 0.497 e. The number of ether oxygens (including phenoxy) is 1. The van der Waals surface area contributed by atoms with Gasteiger partial charge in [0.25, 0.3) is 0 Å². The maximum Gasteiger partial charge on any atom is 0.246 e. The van der Waals surface area contributed by atoms with E-state index in [1.165, 1.54) is 6.42 Å². The molecule has 8 nitrogen and oxygen atoms in total. The second kappa shape index (κ2) is 9.55. The molecule has 1 saturated carbocycles. The number of H-pyrrole nitrogens is 1. The van der Waals surface area contributed by atoms with E-state index in [0.717, 1.165) is 60.0 Å². The summed E-state index contributed by atoms with van der Waals surface area (Å²) in [7, 11) is 1.64. The molecule has 1 aromatic heterocycles. The van der Waals surface area contributed by atoms with Crippen LogP contribution in [-0.2, 0) is 20.8 Å². The fourth-order valence-corrected chi connectivity index (χ4v) is 6.11. The van der Waals surface area contributed by atoms with Crippen molar-refractivity contribution >= 4 is 28.6 Å². The van der Waals surface area contributed by atoms with Gasteiger partial charge in [0.05, 0.1) is 19.6 Å². The first kappa shape index (κ1) is 23.7. The fourth-order valence-electron chi connectivity index (χ4n) is 6.11. The van der Waals surface area contributed by atoms with E-state index < -0.39 is 12.1 Å². The fraction of sp³-hybridized carbons (Fsp3) is 0.593. The van der Waals surface area contributed by atoms with Crippen molar-refractivity contribution in [1.82, 2.24) is 20.5 Å². The Labute approximate surface area is 206 Å². The van der Waals surface area contributed by atoms with E-state index in [2.05, 4.69) is 29.5 Å². The third-order valence-electron chi connectivity index (χ3n) is 7.77. The normalized spacial score (nSPS) is 24.8. The first-order valence-corrected chi connectivity index (χ1v) is 13.0. The Kier molecular flexibility index (Phi) is 6.47. The number of carbonyl (C=O) groups excluding carboxylic acids is 3. The summed E-state index contributed by atoms with van der Waals surface area (Å²) in [5, 5.41) is 7.02. The van der Waals surface area contributed by atoms with Crippen molar-refractivity contribution in [1.29, 1.82) is 0 Å². The van der Waals surface area contributed by atoms with Gasteiger partial charge in [0.2, 0.25) is 17.7 Å². The first-order chi connectivity index (χ1) is 16.9. The Hall–Kier alpha value is -3.03. The lowest BCUT2D eigenvalue weighted by Gasteiger charge is -2.46. The summed E-state index contributed by atoms with van der Waals surface area (Å²) in [5.74, 6) is 0.568. The zero-order chi connectivity index (χ0) is 24.7. The number of fused-ring (bicyclic) bond motifs is 4. The number of hydrogen-bond acceptors (Lipinski definition) is 4. The average molecular weight is 481 g/mol. The number of benzene rings is 1. The molecule has 0 unspecified atom stereocenters. The van der Waals surface area contributed by atoms with Crippen molar-refractivity contribution in [2.75, 3.05) is 7.11 Å². The number of nitrogens with one attached hydrogen (secondary N) is 3. The van der Waals surface area contributed by atoms with Crippen LogP contribution in [0.4, 0.5) is 0 Å². The monoisotopic (exact) mass is 480 g/mol. The molecule has 3 atom stereocenters. The average Bonchev–Trinajstić information content (AvgIpc) is 3.20. The predicted octanol–water partition coefficient (Wildman–Crippen LogP) is 3.35. The molecular formula is C27H36N4O4. The lowest BCUT2D eigenvalue weighted by Crippen LogP contribution is -2.66. The second-order valence-electron chi connectivity index (χ2n) is 10.7. The highest BCUT2D eigenvalue weighted by Gasteiger charge is 2.48. The lowest BCUT2D eigenvalue weighted by atomic mass is 9.85. The van der Waals surface area contributed by atoms with E-state index in [-0.39, 0.29) is 36.2 Å². The topological polar surface area (TPSA) is 104 Å². The van der Waals surface area contributed by atoms with E-state index in [1.54, 1.807) is 12.0 Å². The summed E-state index contributed by atoms with van der Waals surface area (Å²) in [5.41, 5.74) is 3.02. The van der Waals surface area contributed by atoms with E-state index in [9.17, 15) is 14.4 Å². The number of nitrogens with zero attached hydrogens (tertiary/aromatic N) is 1. The smallest absolute Gasteiger partial charge is 0.246 e. The minimum Gasteiger partial charge on any atom is -0.497 e. The highest BCUT2D eigenvalue weighted by Crippen LogP contribution is 2.42. The number of carbonyl (C=O) groups is 3. The van der Waals surface area contributed by atoms with Crippen LogP contribution < -0.4 is 15.4 Å². The van der Waals surface area contributed by atoms with Crippen LogP contribution in [0.15, 0.2) is 18.2 Å². The molecule has 0 bridgehead atoms. The molecule has 5 rings (SSSR count). The first-order valence-electron chi connectivity index (χ1n) is 13.0. The van der Waals surface area contributed by atoms with E-state index in [1.807, 2.05) is 18.2 Å². The van der Waals surface area contributed by atoms with Gasteiger partial charge in [-0.05, 0) is 42.9 Å². The molecule has 188 valence electrons. The van der Waals surface area contributed by atoms with Gasteiger partial charge in [-0.25, -0.2) is 0 Å². The van der Waals surface area contributed by atoms with Crippen molar-refractivity contribution in [3.63, 3.8) is 0 Å². The van der Waals surface area contributed by atoms with Crippen molar-refractivity contribution < 1.29 is 19.1 Å². The van der Waals surface area contributed by atoms with Gasteiger partial charge >= 0.3 is 0 Å². The number of rotatable bonds is 6. The Bertz CT molecular complexity index is 1130. The van der Waals surface area contributed by atoms with Crippen LogP contribution in [0.25, 0.3) is 10.9 Å². The summed E-state index contributed by atoms with van der Waals surface area (Å²) in [6.07, 6.45) is 6.58. The summed E-state index contributed by atoms with van der Waals surface area (Å²) in [6, 6.07) is 4.43. The molecule has 3 aliphatic rings. The molecule has 0 spiro atoms. The zero-order valence-electron chi connectivity index (χ0n) is 20.9. The number of aromatic amines is 1. The second-order valence-corrected chi connectivity index (χ2v) is 10.7. The van der Waals surface area contributed by atoms with Gasteiger partial charge in [-0.3, -0.25) is 14.4 Å². The molecule has 2 aliphatic heterocycles. The minimum absolute atomic E-state index is 0.0184. The van der Waals surface area contributed by atoms with Crippen molar-refractivity contribution in [2.24, 2.45) is 5.92 Å². The Balaban J connectivity index is 1.43. The number of piperazine rings is 1. The van der Waals surface area contributed by atoms with Crippen LogP contribution in [0.5, 0.6) is 5.75 Å². The molecule has 0 radical (unpaired) electrons. The van der Waals surface area contributed by atoms with Crippen LogP contribution >= 0.6 is 0 Å². The van der Waals surface area contributed by atoms with Crippen LogP contribution in [0.2, 0.25) is 0 Å². The molecule has 1 aliphatic carbocycles. The van der Waals surface area contributed by atoms with Gasteiger partial charge in [0.15, 0.2) is 0 Å².